The van der Waals surface area contributed by atoms with Crippen molar-refractivity contribution in [1.82, 2.24) is 9.97 Å². The number of hydrogen-bond donors (Lipinski definition) is 0. The van der Waals surface area contributed by atoms with Crippen molar-refractivity contribution in [3.63, 3.8) is 0 Å². The molecule has 2 rings (SSSR count). The highest BCUT2D eigenvalue weighted by atomic mass is 19.4. The molecular weight excluding hydrogens is 287 g/mol. The van der Waals surface area contributed by atoms with Crippen LogP contribution in [0.4, 0.5) is 19.0 Å². The average Bonchev–Trinajstić information content (AvgIpc) is 2.43. The molecule has 0 atom stereocenters. The first kappa shape index (κ1) is 15.1. The predicted octanol–water partition coefficient (Wildman–Crippen LogP) is 2.73. The predicted molar refractivity (Wildman–Crippen MR) is 72.0 cm³/mol. The maximum absolute atomic E-state index is 12.9. The maximum Gasteiger partial charge on any atom is 0.451 e. The first-order chi connectivity index (χ1) is 9.77. The third kappa shape index (κ3) is 2.79. The van der Waals surface area contributed by atoms with Crippen LogP contribution in [0.15, 0.2) is 12.1 Å². The molecule has 0 fully saturated rings. The minimum atomic E-state index is -4.62. The van der Waals surface area contributed by atoms with E-state index < -0.39 is 12.0 Å². The normalized spacial score (nSPS) is 11.6. The summed E-state index contributed by atoms with van der Waals surface area (Å²) in [5.74, 6) is -0.322. The number of alkyl halides is 3. The SMILES string of the molecule is COc1cc2nc(C(F)(F)F)nc(N(C)C)c2cc1OC. The summed E-state index contributed by atoms with van der Waals surface area (Å²) >= 11 is 0. The van der Waals surface area contributed by atoms with Crippen LogP contribution < -0.4 is 14.4 Å². The lowest BCUT2D eigenvalue weighted by atomic mass is 10.2. The molecule has 0 radical (unpaired) electrons. The van der Waals surface area contributed by atoms with Gasteiger partial charge in [-0.1, -0.05) is 0 Å². The standard InChI is InChI=1S/C13H14F3N3O2/c1-19(2)11-7-5-9(20-3)10(21-4)6-8(7)17-12(18-11)13(14,15)16/h5-6H,1-4H3. The van der Waals surface area contributed by atoms with Crippen molar-refractivity contribution in [3.8, 4) is 11.5 Å². The number of rotatable bonds is 3. The number of nitrogens with zero attached hydrogens (tertiary/aromatic N) is 3. The van der Waals surface area contributed by atoms with Gasteiger partial charge in [0.25, 0.3) is 0 Å². The van der Waals surface area contributed by atoms with E-state index in [0.717, 1.165) is 0 Å². The van der Waals surface area contributed by atoms with Crippen LogP contribution in [-0.4, -0.2) is 38.3 Å². The Bertz CT molecular complexity index is 672. The summed E-state index contributed by atoms with van der Waals surface area (Å²) in [6.45, 7) is 0. The summed E-state index contributed by atoms with van der Waals surface area (Å²) in [5, 5.41) is 0.450. The van der Waals surface area contributed by atoms with Gasteiger partial charge in [0, 0.05) is 25.5 Å². The van der Waals surface area contributed by atoms with Crippen LogP contribution in [0.5, 0.6) is 11.5 Å². The number of fused-ring (bicyclic) bond motifs is 1. The number of ether oxygens (including phenoxy) is 2. The zero-order valence-corrected chi connectivity index (χ0v) is 11.9. The van der Waals surface area contributed by atoms with E-state index in [0.29, 0.717) is 16.9 Å². The van der Waals surface area contributed by atoms with E-state index in [2.05, 4.69) is 9.97 Å². The summed E-state index contributed by atoms with van der Waals surface area (Å²) in [4.78, 5) is 8.66. The fraction of sp³-hybridized carbons (Fsp3) is 0.385. The topological polar surface area (TPSA) is 47.5 Å². The van der Waals surface area contributed by atoms with Crippen LogP contribution in [-0.2, 0) is 6.18 Å². The molecule has 0 amide bonds. The van der Waals surface area contributed by atoms with E-state index in [-0.39, 0.29) is 11.3 Å². The fourth-order valence-electron chi connectivity index (χ4n) is 1.91. The van der Waals surface area contributed by atoms with Gasteiger partial charge in [0.2, 0.25) is 5.82 Å². The second-order valence-electron chi connectivity index (χ2n) is 4.49. The third-order valence-electron chi connectivity index (χ3n) is 2.86. The Hall–Kier alpha value is -2.25. The number of halogens is 3. The molecule has 8 heteroatoms. The van der Waals surface area contributed by atoms with Crippen molar-refractivity contribution < 1.29 is 22.6 Å². The maximum atomic E-state index is 12.9. The lowest BCUT2D eigenvalue weighted by molar-refractivity contribution is -0.144. The molecule has 1 heterocycles. The van der Waals surface area contributed by atoms with E-state index in [4.69, 9.17) is 9.47 Å². The van der Waals surface area contributed by atoms with Crippen LogP contribution in [0.3, 0.4) is 0 Å². The van der Waals surface area contributed by atoms with E-state index in [9.17, 15) is 13.2 Å². The van der Waals surface area contributed by atoms with Gasteiger partial charge in [-0.25, -0.2) is 9.97 Å². The summed E-state index contributed by atoms with van der Waals surface area (Å²) < 4.78 is 48.9. The molecule has 0 unspecified atom stereocenters. The smallest absolute Gasteiger partial charge is 0.451 e. The van der Waals surface area contributed by atoms with Crippen molar-refractivity contribution >= 4 is 16.7 Å². The zero-order chi connectivity index (χ0) is 15.8. The molecular formula is C13H14F3N3O2. The number of methoxy groups -OCH3 is 2. The highest BCUT2D eigenvalue weighted by Crippen LogP contribution is 2.37. The zero-order valence-electron chi connectivity index (χ0n) is 11.9. The lowest BCUT2D eigenvalue weighted by Gasteiger charge is -2.17. The molecule has 1 aromatic heterocycles. The molecule has 0 aliphatic heterocycles. The van der Waals surface area contributed by atoms with Crippen LogP contribution in [0.2, 0.25) is 0 Å². The van der Waals surface area contributed by atoms with Gasteiger partial charge >= 0.3 is 6.18 Å². The first-order valence-electron chi connectivity index (χ1n) is 5.96. The lowest BCUT2D eigenvalue weighted by Crippen LogP contribution is -2.17. The van der Waals surface area contributed by atoms with Gasteiger partial charge in [0.15, 0.2) is 11.5 Å². The van der Waals surface area contributed by atoms with E-state index in [1.165, 1.54) is 25.2 Å². The number of hydrogen-bond acceptors (Lipinski definition) is 5. The van der Waals surface area contributed by atoms with Crippen LogP contribution in [0.1, 0.15) is 5.82 Å². The Morgan fingerprint density at radius 2 is 1.57 bits per heavy atom. The second kappa shape index (κ2) is 5.27. The Morgan fingerprint density at radius 1 is 1.00 bits per heavy atom. The molecule has 114 valence electrons. The van der Waals surface area contributed by atoms with Gasteiger partial charge < -0.3 is 14.4 Å². The second-order valence-corrected chi connectivity index (χ2v) is 4.49. The van der Waals surface area contributed by atoms with Crippen molar-refractivity contribution in [2.24, 2.45) is 0 Å². The largest absolute Gasteiger partial charge is 0.493 e. The van der Waals surface area contributed by atoms with Crippen molar-refractivity contribution in [3.05, 3.63) is 18.0 Å². The van der Waals surface area contributed by atoms with Crippen LogP contribution in [0.25, 0.3) is 10.9 Å². The van der Waals surface area contributed by atoms with Gasteiger partial charge in [-0.2, -0.15) is 13.2 Å². The Morgan fingerprint density at radius 3 is 2.05 bits per heavy atom. The monoisotopic (exact) mass is 301 g/mol. The fourth-order valence-corrected chi connectivity index (χ4v) is 1.91. The van der Waals surface area contributed by atoms with Crippen LogP contribution in [0, 0.1) is 0 Å². The Labute approximate surface area is 119 Å². The summed E-state index contributed by atoms with van der Waals surface area (Å²) in [6, 6.07) is 2.96. The molecule has 0 aliphatic carbocycles. The molecule has 0 aliphatic rings. The third-order valence-corrected chi connectivity index (χ3v) is 2.86. The van der Waals surface area contributed by atoms with Gasteiger partial charge in [-0.3, -0.25) is 0 Å². The minimum Gasteiger partial charge on any atom is -0.493 e. The number of benzene rings is 1. The van der Waals surface area contributed by atoms with Gasteiger partial charge in [0.05, 0.1) is 19.7 Å². The molecule has 0 spiro atoms. The number of anilines is 1. The van der Waals surface area contributed by atoms with Crippen molar-refractivity contribution in [1.29, 1.82) is 0 Å². The quantitative estimate of drug-likeness (QED) is 0.872. The van der Waals surface area contributed by atoms with Crippen LogP contribution >= 0.6 is 0 Å². The Balaban J connectivity index is 2.82. The van der Waals surface area contributed by atoms with Gasteiger partial charge in [-0.05, 0) is 6.07 Å². The highest BCUT2D eigenvalue weighted by Gasteiger charge is 2.36. The molecule has 5 nitrogen and oxygen atoms in total. The first-order valence-corrected chi connectivity index (χ1v) is 5.96. The molecule has 0 saturated carbocycles. The minimum absolute atomic E-state index is 0.138. The molecule has 0 bridgehead atoms. The van der Waals surface area contributed by atoms with E-state index in [1.807, 2.05) is 0 Å². The average molecular weight is 301 g/mol. The molecule has 1 aromatic carbocycles. The van der Waals surface area contributed by atoms with Gasteiger partial charge in [-0.15, -0.1) is 0 Å². The van der Waals surface area contributed by atoms with E-state index in [1.54, 1.807) is 20.2 Å². The van der Waals surface area contributed by atoms with Gasteiger partial charge in [0.1, 0.15) is 5.82 Å². The Kier molecular flexibility index (Phi) is 3.80. The summed E-state index contributed by atoms with van der Waals surface area (Å²) in [6.07, 6.45) is -4.62. The molecule has 0 saturated heterocycles. The summed E-state index contributed by atoms with van der Waals surface area (Å²) in [7, 11) is 6.07. The van der Waals surface area contributed by atoms with E-state index >= 15 is 0 Å². The number of aromatic nitrogens is 2. The molecule has 2 aromatic rings. The highest BCUT2D eigenvalue weighted by molar-refractivity contribution is 5.92. The molecule has 0 N–H and O–H groups in total. The molecule has 21 heavy (non-hydrogen) atoms. The van der Waals surface area contributed by atoms with Crippen molar-refractivity contribution in [2.45, 2.75) is 6.18 Å². The summed E-state index contributed by atoms with van der Waals surface area (Å²) in [5.41, 5.74) is 0.138. The van der Waals surface area contributed by atoms with Crippen molar-refractivity contribution in [2.75, 3.05) is 33.2 Å².